The molecule has 1 aromatic carbocycles. The number of rotatable bonds is 7. The van der Waals surface area contributed by atoms with Gasteiger partial charge in [-0.1, -0.05) is 32.9 Å². The molecular formula is C21H34Cl2N4O2. The third-order valence-corrected chi connectivity index (χ3v) is 5.23. The number of aryl methyl sites for hydroxylation is 1. The molecule has 3 rings (SSSR count). The molecule has 2 heterocycles. The quantitative estimate of drug-likeness (QED) is 0.686. The number of aliphatic hydroxyl groups is 1. The van der Waals surface area contributed by atoms with Gasteiger partial charge in [0.1, 0.15) is 0 Å². The Balaban J connectivity index is 0.00000210. The second kappa shape index (κ2) is 11.7. The van der Waals surface area contributed by atoms with Crippen LogP contribution in [-0.4, -0.2) is 57.7 Å². The zero-order valence-electron chi connectivity index (χ0n) is 17.5. The molecule has 0 saturated carbocycles. The summed E-state index contributed by atoms with van der Waals surface area (Å²) < 4.78 is 2.06. The van der Waals surface area contributed by atoms with Crippen LogP contribution in [0.3, 0.4) is 0 Å². The first kappa shape index (κ1) is 25.7. The van der Waals surface area contributed by atoms with Gasteiger partial charge in [-0.25, -0.2) is 4.98 Å². The standard InChI is InChI=1S/C21H32N4O2.2ClH/c1-4-9-24-19-8-6-5-7-18(19)23-20(24)21(27)25(13-15(2)3)17-10-16(14-26)11-22-12-17;;/h5-8,15-17,22,26H,4,9-14H2,1-3H3;2*1H/t16-,17+;;/m1../s1. The molecule has 8 heteroatoms. The minimum Gasteiger partial charge on any atom is -0.396 e. The Morgan fingerprint density at radius 1 is 1.31 bits per heavy atom. The van der Waals surface area contributed by atoms with E-state index in [1.54, 1.807) is 0 Å². The maximum Gasteiger partial charge on any atom is 0.290 e. The number of carbonyl (C=O) groups excluding carboxylic acids is 1. The van der Waals surface area contributed by atoms with Crippen molar-refractivity contribution in [2.24, 2.45) is 11.8 Å². The van der Waals surface area contributed by atoms with E-state index in [0.717, 1.165) is 43.5 Å². The average Bonchev–Trinajstić information content (AvgIpc) is 3.04. The van der Waals surface area contributed by atoms with E-state index in [2.05, 4.69) is 30.7 Å². The summed E-state index contributed by atoms with van der Waals surface area (Å²) in [6.07, 6.45) is 1.78. The maximum absolute atomic E-state index is 13.6. The smallest absolute Gasteiger partial charge is 0.290 e. The number of nitrogens with zero attached hydrogens (tertiary/aromatic N) is 3. The zero-order valence-corrected chi connectivity index (χ0v) is 19.1. The van der Waals surface area contributed by atoms with Crippen LogP contribution in [0.4, 0.5) is 0 Å². The summed E-state index contributed by atoms with van der Waals surface area (Å²) in [4.78, 5) is 20.3. The van der Waals surface area contributed by atoms with Gasteiger partial charge in [-0.2, -0.15) is 0 Å². The van der Waals surface area contributed by atoms with E-state index in [0.29, 0.717) is 18.3 Å². The van der Waals surface area contributed by atoms with Gasteiger partial charge in [0.25, 0.3) is 5.91 Å². The second-order valence-corrected chi connectivity index (χ2v) is 8.02. The van der Waals surface area contributed by atoms with Crippen molar-refractivity contribution >= 4 is 41.8 Å². The average molecular weight is 445 g/mol. The third kappa shape index (κ3) is 5.85. The normalized spacial score (nSPS) is 18.9. The number of amides is 1. The second-order valence-electron chi connectivity index (χ2n) is 8.02. The summed E-state index contributed by atoms with van der Waals surface area (Å²) in [5.74, 6) is 1.09. The molecule has 1 aromatic heterocycles. The molecule has 1 amide bonds. The molecule has 1 aliphatic heterocycles. The highest BCUT2D eigenvalue weighted by Gasteiger charge is 2.32. The van der Waals surface area contributed by atoms with Crippen LogP contribution in [0.2, 0.25) is 0 Å². The van der Waals surface area contributed by atoms with Gasteiger partial charge in [0.2, 0.25) is 0 Å². The Labute approximate surface area is 185 Å². The lowest BCUT2D eigenvalue weighted by Crippen LogP contribution is -2.53. The van der Waals surface area contributed by atoms with Gasteiger partial charge < -0.3 is 19.9 Å². The monoisotopic (exact) mass is 444 g/mol. The highest BCUT2D eigenvalue weighted by molar-refractivity contribution is 5.95. The van der Waals surface area contributed by atoms with E-state index in [-0.39, 0.29) is 49.3 Å². The molecular weight excluding hydrogens is 411 g/mol. The predicted molar refractivity (Wildman–Crippen MR) is 122 cm³/mol. The molecule has 6 nitrogen and oxygen atoms in total. The minimum absolute atomic E-state index is 0. The van der Waals surface area contributed by atoms with Crippen LogP contribution in [-0.2, 0) is 6.54 Å². The first-order valence-electron chi connectivity index (χ1n) is 10.1. The van der Waals surface area contributed by atoms with E-state index in [9.17, 15) is 9.90 Å². The fraction of sp³-hybridized carbons (Fsp3) is 0.619. The Bertz CT molecular complexity index is 781. The Morgan fingerprint density at radius 2 is 2.03 bits per heavy atom. The molecule has 0 radical (unpaired) electrons. The summed E-state index contributed by atoms with van der Waals surface area (Å²) >= 11 is 0. The summed E-state index contributed by atoms with van der Waals surface area (Å²) in [6.45, 7) is 9.59. The summed E-state index contributed by atoms with van der Waals surface area (Å²) in [5.41, 5.74) is 1.89. The Morgan fingerprint density at radius 3 is 2.69 bits per heavy atom. The Kier molecular flexibility index (Phi) is 10.4. The van der Waals surface area contributed by atoms with Crippen molar-refractivity contribution in [2.75, 3.05) is 26.2 Å². The van der Waals surface area contributed by atoms with Gasteiger partial charge >= 0.3 is 0 Å². The number of aromatic nitrogens is 2. The number of hydrogen-bond donors (Lipinski definition) is 2. The van der Waals surface area contributed by atoms with Crippen LogP contribution in [0.25, 0.3) is 11.0 Å². The number of nitrogens with one attached hydrogen (secondary N) is 1. The highest BCUT2D eigenvalue weighted by atomic mass is 35.5. The number of hydrogen-bond acceptors (Lipinski definition) is 4. The van der Waals surface area contributed by atoms with Gasteiger partial charge in [0, 0.05) is 38.8 Å². The predicted octanol–water partition coefficient (Wildman–Crippen LogP) is 3.36. The third-order valence-electron chi connectivity index (χ3n) is 5.23. The van der Waals surface area contributed by atoms with Crippen molar-refractivity contribution in [3.8, 4) is 0 Å². The first-order valence-corrected chi connectivity index (χ1v) is 10.1. The van der Waals surface area contributed by atoms with Crippen LogP contribution in [0.1, 0.15) is 44.2 Å². The molecule has 1 fully saturated rings. The molecule has 164 valence electrons. The van der Waals surface area contributed by atoms with E-state index in [4.69, 9.17) is 4.98 Å². The fourth-order valence-electron chi connectivity index (χ4n) is 3.99. The number of imidazole rings is 1. The van der Waals surface area contributed by atoms with Crippen LogP contribution in [0.15, 0.2) is 24.3 Å². The molecule has 2 atom stereocenters. The van der Waals surface area contributed by atoms with Gasteiger partial charge in [0.15, 0.2) is 5.82 Å². The van der Waals surface area contributed by atoms with Crippen LogP contribution < -0.4 is 5.32 Å². The number of para-hydroxylation sites is 2. The van der Waals surface area contributed by atoms with E-state index in [1.165, 1.54) is 0 Å². The van der Waals surface area contributed by atoms with Crippen molar-refractivity contribution in [2.45, 2.75) is 46.2 Å². The van der Waals surface area contributed by atoms with Gasteiger partial charge in [0.05, 0.1) is 11.0 Å². The van der Waals surface area contributed by atoms with Crippen molar-refractivity contribution in [3.63, 3.8) is 0 Å². The van der Waals surface area contributed by atoms with E-state index in [1.807, 2.05) is 29.2 Å². The number of carbonyl (C=O) groups is 1. The largest absolute Gasteiger partial charge is 0.396 e. The van der Waals surface area contributed by atoms with Crippen molar-refractivity contribution in [1.29, 1.82) is 0 Å². The molecule has 2 N–H and O–H groups in total. The SMILES string of the molecule is CCCn1c(C(=O)N(CC(C)C)[C@@H]2CNC[C@H](CO)C2)nc2ccccc21.Cl.Cl. The number of fused-ring (bicyclic) bond motifs is 1. The van der Waals surface area contributed by atoms with Gasteiger partial charge in [-0.05, 0) is 36.8 Å². The molecule has 1 aliphatic rings. The fourth-order valence-corrected chi connectivity index (χ4v) is 3.99. The lowest BCUT2D eigenvalue weighted by atomic mass is 9.94. The Hall–Kier alpha value is -1.34. The number of piperidine rings is 1. The summed E-state index contributed by atoms with van der Waals surface area (Å²) in [5, 5.41) is 13.0. The molecule has 1 saturated heterocycles. The van der Waals surface area contributed by atoms with Crippen LogP contribution in [0, 0.1) is 11.8 Å². The van der Waals surface area contributed by atoms with Gasteiger partial charge in [-0.3, -0.25) is 4.79 Å². The molecule has 0 unspecified atom stereocenters. The summed E-state index contributed by atoms with van der Waals surface area (Å²) in [6, 6.07) is 8.04. The van der Waals surface area contributed by atoms with Crippen LogP contribution >= 0.6 is 24.8 Å². The number of aliphatic hydroxyl groups excluding tert-OH is 1. The lowest BCUT2D eigenvalue weighted by molar-refractivity contribution is 0.0537. The van der Waals surface area contributed by atoms with Crippen molar-refractivity contribution < 1.29 is 9.90 Å². The molecule has 0 bridgehead atoms. The van der Waals surface area contributed by atoms with Crippen LogP contribution in [0.5, 0.6) is 0 Å². The van der Waals surface area contributed by atoms with Gasteiger partial charge in [-0.15, -0.1) is 24.8 Å². The highest BCUT2D eigenvalue weighted by Crippen LogP contribution is 2.22. The van der Waals surface area contributed by atoms with Crippen molar-refractivity contribution in [3.05, 3.63) is 30.1 Å². The molecule has 29 heavy (non-hydrogen) atoms. The molecule has 0 spiro atoms. The van der Waals surface area contributed by atoms with Crippen molar-refractivity contribution in [1.82, 2.24) is 19.8 Å². The zero-order chi connectivity index (χ0) is 19.4. The lowest BCUT2D eigenvalue weighted by Gasteiger charge is -2.38. The van der Waals surface area contributed by atoms with E-state index >= 15 is 0 Å². The first-order chi connectivity index (χ1) is 13.0. The number of benzene rings is 1. The molecule has 2 aromatic rings. The minimum atomic E-state index is -0.00117. The molecule has 0 aliphatic carbocycles. The summed E-state index contributed by atoms with van der Waals surface area (Å²) in [7, 11) is 0. The maximum atomic E-state index is 13.6. The van der Waals surface area contributed by atoms with E-state index < -0.39 is 0 Å². The number of halogens is 2. The topological polar surface area (TPSA) is 70.4 Å².